The van der Waals surface area contributed by atoms with Crippen LogP contribution in [0.2, 0.25) is 0 Å². The zero-order chi connectivity index (χ0) is 35.0. The lowest BCUT2D eigenvalue weighted by molar-refractivity contribution is 0.532. The maximum atomic E-state index is 5.68. The molecule has 11 rings (SSSR count). The summed E-state index contributed by atoms with van der Waals surface area (Å²) in [6, 6.07) is 61.8. The highest BCUT2D eigenvalue weighted by molar-refractivity contribution is 6.31. The van der Waals surface area contributed by atoms with E-state index in [-0.39, 0.29) is 12.0 Å². The third kappa shape index (κ3) is 4.47. The number of fused-ring (bicyclic) bond motifs is 9. The SMILES string of the molecule is CCC1C(c2ccccc2)=NC(c2cc3c4ccccc4n4c5ccccc5c(c2-c2ccc5c(ccc6ccccc65)c2)c34)=NC1c1ccccc1. The van der Waals surface area contributed by atoms with Crippen LogP contribution in [0.4, 0.5) is 0 Å². The van der Waals surface area contributed by atoms with Gasteiger partial charge in [-0.2, -0.15) is 0 Å². The minimum absolute atomic E-state index is 0.0716. The monoisotopic (exact) mass is 677 g/mol. The first kappa shape index (κ1) is 30.1. The molecule has 0 amide bonds. The minimum Gasteiger partial charge on any atom is -0.308 e. The van der Waals surface area contributed by atoms with E-state index in [2.05, 4.69) is 181 Å². The highest BCUT2D eigenvalue weighted by Gasteiger charge is 2.33. The quantitative estimate of drug-likeness (QED) is 0.162. The molecule has 3 heterocycles. The summed E-state index contributed by atoms with van der Waals surface area (Å²) in [4.78, 5) is 11.3. The predicted molar refractivity (Wildman–Crippen MR) is 224 cm³/mol. The average Bonchev–Trinajstić information content (AvgIpc) is 3.75. The fourth-order valence-corrected chi connectivity index (χ4v) is 9.15. The Morgan fingerprint density at radius 2 is 1.17 bits per heavy atom. The van der Waals surface area contributed by atoms with Crippen molar-refractivity contribution in [1.29, 1.82) is 0 Å². The Kier molecular flexibility index (Phi) is 6.66. The van der Waals surface area contributed by atoms with Gasteiger partial charge < -0.3 is 4.40 Å². The van der Waals surface area contributed by atoms with Crippen LogP contribution < -0.4 is 0 Å². The Morgan fingerprint density at radius 1 is 0.528 bits per heavy atom. The molecule has 0 fully saturated rings. The predicted octanol–water partition coefficient (Wildman–Crippen LogP) is 12.8. The molecule has 0 N–H and O–H groups in total. The zero-order valence-corrected chi connectivity index (χ0v) is 29.4. The van der Waals surface area contributed by atoms with Gasteiger partial charge in [0.25, 0.3) is 0 Å². The van der Waals surface area contributed by atoms with E-state index >= 15 is 0 Å². The number of hydrogen-bond acceptors (Lipinski definition) is 2. The van der Waals surface area contributed by atoms with Gasteiger partial charge in [0.15, 0.2) is 5.84 Å². The third-order valence-electron chi connectivity index (χ3n) is 11.5. The molecule has 53 heavy (non-hydrogen) atoms. The molecular weight excluding hydrogens is 643 g/mol. The van der Waals surface area contributed by atoms with Gasteiger partial charge in [-0.15, -0.1) is 0 Å². The lowest BCUT2D eigenvalue weighted by atomic mass is 9.82. The van der Waals surface area contributed by atoms with Crippen LogP contribution in [0.5, 0.6) is 0 Å². The molecule has 0 saturated carbocycles. The Hall–Kier alpha value is -6.58. The van der Waals surface area contributed by atoms with Crippen molar-refractivity contribution in [3.63, 3.8) is 0 Å². The van der Waals surface area contributed by atoms with E-state index in [0.29, 0.717) is 0 Å². The molecule has 0 saturated heterocycles. The van der Waals surface area contributed by atoms with Crippen LogP contribution in [0.3, 0.4) is 0 Å². The van der Waals surface area contributed by atoms with Crippen LogP contribution in [0, 0.1) is 5.92 Å². The first-order valence-corrected chi connectivity index (χ1v) is 18.7. The molecule has 0 aliphatic carbocycles. The third-order valence-corrected chi connectivity index (χ3v) is 11.5. The summed E-state index contributed by atoms with van der Waals surface area (Å²) < 4.78 is 2.47. The van der Waals surface area contributed by atoms with Gasteiger partial charge in [0.2, 0.25) is 0 Å². The second-order valence-electron chi connectivity index (χ2n) is 14.3. The topological polar surface area (TPSA) is 29.1 Å². The van der Waals surface area contributed by atoms with Crippen molar-refractivity contribution < 1.29 is 0 Å². The van der Waals surface area contributed by atoms with Gasteiger partial charge in [0.05, 0.1) is 28.3 Å². The van der Waals surface area contributed by atoms with Crippen molar-refractivity contribution in [2.75, 3.05) is 0 Å². The Morgan fingerprint density at radius 3 is 1.96 bits per heavy atom. The maximum Gasteiger partial charge on any atom is 0.156 e. The maximum absolute atomic E-state index is 5.68. The lowest BCUT2D eigenvalue weighted by Gasteiger charge is -2.30. The van der Waals surface area contributed by atoms with Crippen LogP contribution in [-0.4, -0.2) is 15.9 Å². The Bertz CT molecular complexity index is 3100. The molecule has 3 nitrogen and oxygen atoms in total. The van der Waals surface area contributed by atoms with Crippen LogP contribution in [0.25, 0.3) is 70.8 Å². The highest BCUT2D eigenvalue weighted by atomic mass is 15.0. The summed E-state index contributed by atoms with van der Waals surface area (Å²) in [6.45, 7) is 2.27. The number of aliphatic imine (C=N–C) groups is 2. The van der Waals surface area contributed by atoms with Crippen LogP contribution >= 0.6 is 0 Å². The molecule has 3 heteroatoms. The number of rotatable bonds is 5. The van der Waals surface area contributed by atoms with Crippen LogP contribution in [0.15, 0.2) is 180 Å². The molecule has 8 aromatic carbocycles. The number of amidine groups is 1. The smallest absolute Gasteiger partial charge is 0.156 e. The average molecular weight is 678 g/mol. The number of benzene rings is 8. The summed E-state index contributed by atoms with van der Waals surface area (Å²) in [5, 5.41) is 9.96. The summed E-state index contributed by atoms with van der Waals surface area (Å²) >= 11 is 0. The second kappa shape index (κ2) is 11.7. The number of para-hydroxylation sites is 2. The highest BCUT2D eigenvalue weighted by Crippen LogP contribution is 2.47. The molecule has 2 atom stereocenters. The van der Waals surface area contributed by atoms with Crippen LogP contribution in [0.1, 0.15) is 36.1 Å². The van der Waals surface area contributed by atoms with Gasteiger partial charge >= 0.3 is 0 Å². The van der Waals surface area contributed by atoms with E-state index < -0.39 is 0 Å². The normalized spacial score (nSPS) is 16.3. The molecule has 2 unspecified atom stereocenters. The van der Waals surface area contributed by atoms with Crippen LogP contribution in [-0.2, 0) is 0 Å². The molecule has 0 spiro atoms. The largest absolute Gasteiger partial charge is 0.308 e. The molecule has 0 radical (unpaired) electrons. The van der Waals surface area contributed by atoms with Crippen molar-refractivity contribution >= 4 is 71.2 Å². The lowest BCUT2D eigenvalue weighted by Crippen LogP contribution is -2.28. The van der Waals surface area contributed by atoms with E-state index in [9.17, 15) is 0 Å². The van der Waals surface area contributed by atoms with E-state index in [4.69, 9.17) is 9.98 Å². The van der Waals surface area contributed by atoms with Gasteiger partial charge in [-0.25, -0.2) is 4.99 Å². The van der Waals surface area contributed by atoms with E-state index in [0.717, 1.165) is 29.1 Å². The van der Waals surface area contributed by atoms with E-state index in [1.54, 1.807) is 0 Å². The molecular formula is C50H35N3. The first-order valence-electron chi connectivity index (χ1n) is 18.7. The first-order chi connectivity index (χ1) is 26.3. The molecule has 2 aromatic heterocycles. The standard InChI is InChI=1S/C50H35N3/c1-2-36-47(32-16-5-3-6-17-32)51-50(52-48(36)33-18-7-4-8-19-33)42-30-41-39-21-11-13-23-43(39)53-44-24-14-12-22-40(44)46(49(41)53)45(42)35-27-28-38-34(29-35)26-25-31-15-9-10-20-37(31)38/h3-30,36,47H,2H2,1H3. The second-order valence-corrected chi connectivity index (χ2v) is 14.3. The fraction of sp³-hybridized carbons (Fsp3) is 0.0800. The van der Waals surface area contributed by atoms with E-state index in [1.807, 2.05) is 0 Å². The summed E-state index contributed by atoms with van der Waals surface area (Å²) in [6.07, 6.45) is 0.931. The van der Waals surface area contributed by atoms with Crippen molar-refractivity contribution in [2.45, 2.75) is 19.4 Å². The minimum atomic E-state index is -0.0716. The van der Waals surface area contributed by atoms with Crippen molar-refractivity contribution in [1.82, 2.24) is 4.40 Å². The summed E-state index contributed by atoms with van der Waals surface area (Å²) in [7, 11) is 0. The van der Waals surface area contributed by atoms with Crippen molar-refractivity contribution in [2.24, 2.45) is 15.9 Å². The fourth-order valence-electron chi connectivity index (χ4n) is 9.15. The number of hydrogen-bond donors (Lipinski definition) is 0. The van der Waals surface area contributed by atoms with Gasteiger partial charge in [0.1, 0.15) is 0 Å². The van der Waals surface area contributed by atoms with Crippen molar-refractivity contribution in [3.05, 3.63) is 187 Å². The molecule has 1 aliphatic heterocycles. The number of nitrogens with zero attached hydrogens (tertiary/aromatic N) is 3. The Labute approximate surface area is 307 Å². The number of aromatic nitrogens is 1. The van der Waals surface area contributed by atoms with E-state index in [1.165, 1.54) is 76.3 Å². The van der Waals surface area contributed by atoms with Gasteiger partial charge in [-0.3, -0.25) is 4.99 Å². The molecule has 10 aromatic rings. The Balaban J connectivity index is 1.29. The van der Waals surface area contributed by atoms with Gasteiger partial charge in [-0.1, -0.05) is 153 Å². The van der Waals surface area contributed by atoms with Crippen molar-refractivity contribution in [3.8, 4) is 11.1 Å². The van der Waals surface area contributed by atoms with Gasteiger partial charge in [-0.05, 0) is 68.9 Å². The van der Waals surface area contributed by atoms with Gasteiger partial charge in [0, 0.05) is 38.6 Å². The zero-order valence-electron chi connectivity index (χ0n) is 29.4. The summed E-state index contributed by atoms with van der Waals surface area (Å²) in [5.74, 6) is 0.929. The molecule has 0 bridgehead atoms. The molecule has 1 aliphatic rings. The molecule has 250 valence electrons. The summed E-state index contributed by atoms with van der Waals surface area (Å²) in [5.41, 5.74) is 10.6.